The third kappa shape index (κ3) is 15.5. The van der Waals surface area contributed by atoms with Crippen LogP contribution in [0.1, 0.15) is 149 Å². The molecule has 0 saturated carbocycles. The smallest absolute Gasteiger partial charge is 0.331 e. The first-order chi connectivity index (χ1) is 15.3. The average molecular weight is 477 g/mol. The Bertz CT molecular complexity index is 491. The van der Waals surface area contributed by atoms with E-state index in [1.165, 1.54) is 83.5 Å². The van der Waals surface area contributed by atoms with Crippen molar-refractivity contribution in [3.05, 3.63) is 0 Å². The Morgan fingerprint density at radius 3 is 1.44 bits per heavy atom. The molecule has 0 aromatic heterocycles. The van der Waals surface area contributed by atoms with Crippen molar-refractivity contribution in [2.75, 3.05) is 6.61 Å². The van der Waals surface area contributed by atoms with Gasteiger partial charge in [-0.1, -0.05) is 117 Å². The second-order valence-electron chi connectivity index (χ2n) is 9.48. The monoisotopic (exact) mass is 476 g/mol. The molecule has 0 rings (SSSR count). The lowest BCUT2D eigenvalue weighted by atomic mass is 9.92. The number of esters is 1. The zero-order valence-corrected chi connectivity index (χ0v) is 22.3. The number of ether oxygens (including phenoxy) is 1. The SMILES string of the molecule is CCCCCCCCCCCCCCCCCCC(CC)(CCC(=O)OCC)P(=O)(O)O. The van der Waals surface area contributed by atoms with E-state index in [0.717, 1.165) is 19.3 Å². The van der Waals surface area contributed by atoms with Crippen molar-refractivity contribution in [3.63, 3.8) is 0 Å². The van der Waals surface area contributed by atoms with Gasteiger partial charge in [0.1, 0.15) is 0 Å². The fourth-order valence-electron chi connectivity index (χ4n) is 4.55. The molecule has 0 spiro atoms. The van der Waals surface area contributed by atoms with E-state index in [1.807, 2.05) is 6.92 Å². The Morgan fingerprint density at radius 1 is 0.688 bits per heavy atom. The van der Waals surface area contributed by atoms with Crippen LogP contribution in [0.2, 0.25) is 0 Å². The van der Waals surface area contributed by atoms with E-state index in [0.29, 0.717) is 19.4 Å². The normalized spacial score (nSPS) is 13.8. The highest BCUT2D eigenvalue weighted by atomic mass is 31.2. The molecule has 0 saturated heterocycles. The first-order valence-electron chi connectivity index (χ1n) is 13.5. The topological polar surface area (TPSA) is 83.8 Å². The van der Waals surface area contributed by atoms with Crippen LogP contribution in [0.4, 0.5) is 0 Å². The first-order valence-corrected chi connectivity index (χ1v) is 15.2. The Hall–Kier alpha value is -0.380. The number of carbonyl (C=O) groups is 1. The van der Waals surface area contributed by atoms with E-state index < -0.39 is 12.8 Å². The summed E-state index contributed by atoms with van der Waals surface area (Å²) in [5.41, 5.74) is 0. The molecule has 0 aromatic carbocycles. The largest absolute Gasteiger partial charge is 0.466 e. The minimum absolute atomic E-state index is 0.0750. The van der Waals surface area contributed by atoms with E-state index in [1.54, 1.807) is 6.92 Å². The van der Waals surface area contributed by atoms with Gasteiger partial charge in [-0.15, -0.1) is 0 Å². The Kier molecular flexibility index (Phi) is 19.8. The van der Waals surface area contributed by atoms with Crippen LogP contribution < -0.4 is 0 Å². The van der Waals surface area contributed by atoms with E-state index in [9.17, 15) is 19.1 Å². The molecule has 0 heterocycles. The number of rotatable bonds is 23. The van der Waals surface area contributed by atoms with Gasteiger partial charge in [-0.05, 0) is 26.2 Å². The molecule has 192 valence electrons. The van der Waals surface area contributed by atoms with Gasteiger partial charge in [0.25, 0.3) is 0 Å². The first kappa shape index (κ1) is 31.6. The van der Waals surface area contributed by atoms with E-state index in [4.69, 9.17) is 4.74 Å². The maximum Gasteiger partial charge on any atom is 0.331 e. The minimum atomic E-state index is -4.28. The highest BCUT2D eigenvalue weighted by Gasteiger charge is 2.44. The zero-order valence-electron chi connectivity index (χ0n) is 21.4. The molecular weight excluding hydrogens is 423 g/mol. The van der Waals surface area contributed by atoms with Gasteiger partial charge in [-0.2, -0.15) is 0 Å². The second-order valence-corrected chi connectivity index (χ2v) is 11.5. The second kappa shape index (κ2) is 20.0. The molecule has 32 heavy (non-hydrogen) atoms. The van der Waals surface area contributed by atoms with Crippen LogP contribution in [0, 0.1) is 0 Å². The molecule has 5 nitrogen and oxygen atoms in total. The lowest BCUT2D eigenvalue weighted by Gasteiger charge is -2.33. The molecule has 2 N–H and O–H groups in total. The Balaban J connectivity index is 3.83. The highest BCUT2D eigenvalue weighted by molar-refractivity contribution is 7.53. The molecule has 0 amide bonds. The molecule has 0 bridgehead atoms. The molecule has 0 aromatic rings. The van der Waals surface area contributed by atoms with Crippen LogP contribution in [0.15, 0.2) is 0 Å². The molecule has 1 unspecified atom stereocenters. The highest BCUT2D eigenvalue weighted by Crippen LogP contribution is 2.57. The third-order valence-corrected chi connectivity index (χ3v) is 8.87. The molecule has 1 atom stereocenters. The summed E-state index contributed by atoms with van der Waals surface area (Å²) in [6.07, 6.45) is 21.6. The summed E-state index contributed by atoms with van der Waals surface area (Å²) in [6, 6.07) is 0. The van der Waals surface area contributed by atoms with Crippen molar-refractivity contribution in [1.82, 2.24) is 0 Å². The summed E-state index contributed by atoms with van der Waals surface area (Å²) in [5, 5.41) is -1.09. The molecular formula is C26H53O5P. The summed E-state index contributed by atoms with van der Waals surface area (Å²) < 4.78 is 17.1. The number of hydrogen-bond donors (Lipinski definition) is 2. The fourth-order valence-corrected chi connectivity index (χ4v) is 5.81. The molecule has 0 aliphatic carbocycles. The lowest BCUT2D eigenvalue weighted by Crippen LogP contribution is -2.29. The number of unbranched alkanes of at least 4 members (excludes halogenated alkanes) is 15. The summed E-state index contributed by atoms with van der Waals surface area (Å²) in [6.45, 7) is 6.12. The summed E-state index contributed by atoms with van der Waals surface area (Å²) in [7, 11) is -4.28. The van der Waals surface area contributed by atoms with Crippen molar-refractivity contribution in [2.45, 2.75) is 154 Å². The average Bonchev–Trinajstić information content (AvgIpc) is 2.75. The third-order valence-electron chi connectivity index (χ3n) is 6.87. The Labute approximate surface area is 198 Å². The predicted molar refractivity (Wildman–Crippen MR) is 135 cm³/mol. The van der Waals surface area contributed by atoms with Crippen molar-refractivity contribution >= 4 is 13.6 Å². The fraction of sp³-hybridized carbons (Fsp3) is 0.962. The van der Waals surface area contributed by atoms with Gasteiger partial charge in [0.05, 0.1) is 11.8 Å². The van der Waals surface area contributed by atoms with Gasteiger partial charge < -0.3 is 14.5 Å². The van der Waals surface area contributed by atoms with Gasteiger partial charge in [0.15, 0.2) is 0 Å². The van der Waals surface area contributed by atoms with Crippen LogP contribution in [0.5, 0.6) is 0 Å². The standard InChI is InChI=1S/C26H53O5P/c1-4-7-8-9-10-11-12-13-14-15-16-17-18-19-20-21-23-26(5-2,32(28,29)30)24-22-25(27)31-6-3/h4-24H2,1-3H3,(H2,28,29,30). The molecule has 0 aliphatic heterocycles. The van der Waals surface area contributed by atoms with Crippen molar-refractivity contribution in [3.8, 4) is 0 Å². The molecule has 0 radical (unpaired) electrons. The van der Waals surface area contributed by atoms with Crippen LogP contribution in [0.3, 0.4) is 0 Å². The maximum absolute atomic E-state index is 12.2. The summed E-state index contributed by atoms with van der Waals surface area (Å²) >= 11 is 0. The maximum atomic E-state index is 12.2. The number of hydrogen-bond acceptors (Lipinski definition) is 3. The summed E-state index contributed by atoms with van der Waals surface area (Å²) in [4.78, 5) is 31.6. The van der Waals surface area contributed by atoms with Crippen molar-refractivity contribution in [1.29, 1.82) is 0 Å². The zero-order chi connectivity index (χ0) is 24.1. The van der Waals surface area contributed by atoms with E-state index in [2.05, 4.69) is 6.92 Å². The summed E-state index contributed by atoms with van der Waals surface area (Å²) in [5.74, 6) is -0.370. The van der Waals surface area contributed by atoms with Crippen molar-refractivity contribution < 1.29 is 23.9 Å². The Morgan fingerprint density at radius 2 is 1.09 bits per heavy atom. The molecule has 6 heteroatoms. The van der Waals surface area contributed by atoms with Gasteiger partial charge in [0.2, 0.25) is 0 Å². The minimum Gasteiger partial charge on any atom is -0.466 e. The van der Waals surface area contributed by atoms with Crippen LogP contribution >= 0.6 is 7.60 Å². The van der Waals surface area contributed by atoms with E-state index in [-0.39, 0.29) is 18.8 Å². The van der Waals surface area contributed by atoms with Gasteiger partial charge in [-0.3, -0.25) is 9.36 Å². The quantitative estimate of drug-likeness (QED) is 0.0880. The van der Waals surface area contributed by atoms with Crippen LogP contribution in [-0.2, 0) is 14.1 Å². The lowest BCUT2D eigenvalue weighted by molar-refractivity contribution is -0.143. The van der Waals surface area contributed by atoms with Gasteiger partial charge >= 0.3 is 13.6 Å². The van der Waals surface area contributed by atoms with Gasteiger partial charge in [-0.25, -0.2) is 0 Å². The van der Waals surface area contributed by atoms with E-state index >= 15 is 0 Å². The van der Waals surface area contributed by atoms with Gasteiger partial charge in [0, 0.05) is 6.42 Å². The van der Waals surface area contributed by atoms with Crippen LogP contribution in [-0.4, -0.2) is 27.5 Å². The molecule has 0 fully saturated rings. The molecule has 0 aliphatic rings. The van der Waals surface area contributed by atoms with Crippen LogP contribution in [0.25, 0.3) is 0 Å². The number of carbonyl (C=O) groups excluding carboxylic acids is 1. The predicted octanol–water partition coefficient (Wildman–Crippen LogP) is 8.31. The van der Waals surface area contributed by atoms with Crippen molar-refractivity contribution in [2.24, 2.45) is 0 Å².